The lowest BCUT2D eigenvalue weighted by Gasteiger charge is -2.18. The Labute approximate surface area is 439 Å². The lowest BCUT2D eigenvalue weighted by Crippen LogP contribution is -2.30. The molecule has 0 saturated heterocycles. The fraction of sp³-hybridized carbons (Fsp3) is 0.738. The highest BCUT2D eigenvalue weighted by Gasteiger charge is 2.19. The molecule has 0 bridgehead atoms. The molecule has 71 heavy (non-hydrogen) atoms. The van der Waals surface area contributed by atoms with Crippen LogP contribution in [0.3, 0.4) is 0 Å². The van der Waals surface area contributed by atoms with Crippen LogP contribution < -0.4 is 0 Å². The standard InChI is InChI=1S/C65H112O6/c1-4-7-10-13-16-19-22-25-27-28-29-30-31-32-33-34-35-36-38-40-43-46-49-52-55-58-64(67)70-61-62(60-69-63(66)57-54-51-48-45-42-39-24-21-18-15-12-9-6-3)71-65(68)59-56-53-50-47-44-41-37-26-23-20-17-14-11-8-5-2/h7,10,16,19,25,27,29-30,32-33,35-36,40,43,62H,4-6,8-9,11-15,17-18,20-24,26,28,31,34,37-39,41-42,44-61H2,1-3H3/b10-7-,19-16-,27-25-,30-29-,33-32-,36-35-,43-40-. The number of ether oxygens (including phenoxy) is 3. The van der Waals surface area contributed by atoms with Crippen molar-refractivity contribution in [3.63, 3.8) is 0 Å². The molecule has 0 N–H and O–H groups in total. The molecule has 0 aliphatic rings. The second kappa shape index (κ2) is 59.2. The Hall–Kier alpha value is -3.41. The molecule has 0 heterocycles. The summed E-state index contributed by atoms with van der Waals surface area (Å²) in [5, 5.41) is 0. The topological polar surface area (TPSA) is 78.9 Å². The van der Waals surface area contributed by atoms with E-state index < -0.39 is 6.10 Å². The van der Waals surface area contributed by atoms with E-state index in [9.17, 15) is 14.4 Å². The maximum Gasteiger partial charge on any atom is 0.306 e. The molecule has 6 heteroatoms. The van der Waals surface area contributed by atoms with Crippen molar-refractivity contribution in [2.75, 3.05) is 13.2 Å². The third-order valence-electron chi connectivity index (χ3n) is 12.9. The molecule has 0 aromatic rings. The van der Waals surface area contributed by atoms with Gasteiger partial charge in [0.15, 0.2) is 6.10 Å². The zero-order chi connectivity index (χ0) is 51.4. The van der Waals surface area contributed by atoms with Crippen molar-refractivity contribution in [2.24, 2.45) is 0 Å². The summed E-state index contributed by atoms with van der Waals surface area (Å²) >= 11 is 0. The Kier molecular flexibility index (Phi) is 56.3. The minimum Gasteiger partial charge on any atom is -0.462 e. The quantitative estimate of drug-likeness (QED) is 0.0261. The molecule has 1 atom stereocenters. The Balaban J connectivity index is 4.39. The monoisotopic (exact) mass is 989 g/mol. The summed E-state index contributed by atoms with van der Waals surface area (Å²) in [6, 6.07) is 0. The van der Waals surface area contributed by atoms with Crippen LogP contribution in [0.4, 0.5) is 0 Å². The molecular formula is C65H112O6. The molecule has 0 aliphatic heterocycles. The zero-order valence-corrected chi connectivity index (χ0v) is 46.7. The van der Waals surface area contributed by atoms with Crippen LogP contribution in [0.5, 0.6) is 0 Å². The normalized spacial score (nSPS) is 12.7. The second-order valence-corrected chi connectivity index (χ2v) is 19.9. The molecule has 408 valence electrons. The Bertz CT molecular complexity index is 1370. The minimum absolute atomic E-state index is 0.0833. The number of hydrogen-bond acceptors (Lipinski definition) is 6. The predicted octanol–water partition coefficient (Wildman–Crippen LogP) is 20.3. The van der Waals surface area contributed by atoms with Crippen LogP contribution in [0.25, 0.3) is 0 Å². The van der Waals surface area contributed by atoms with Crippen molar-refractivity contribution in [1.82, 2.24) is 0 Å². The van der Waals surface area contributed by atoms with Gasteiger partial charge in [0.2, 0.25) is 0 Å². The summed E-state index contributed by atoms with van der Waals surface area (Å²) in [6.07, 6.45) is 77.2. The zero-order valence-electron chi connectivity index (χ0n) is 46.7. The van der Waals surface area contributed by atoms with Gasteiger partial charge < -0.3 is 14.2 Å². The van der Waals surface area contributed by atoms with Crippen LogP contribution in [0.2, 0.25) is 0 Å². The first-order chi connectivity index (χ1) is 35.0. The smallest absolute Gasteiger partial charge is 0.306 e. The molecule has 0 rings (SSSR count). The maximum atomic E-state index is 12.9. The van der Waals surface area contributed by atoms with E-state index >= 15 is 0 Å². The van der Waals surface area contributed by atoms with Gasteiger partial charge in [-0.1, -0.05) is 279 Å². The summed E-state index contributed by atoms with van der Waals surface area (Å²) < 4.78 is 16.9. The first kappa shape index (κ1) is 67.6. The van der Waals surface area contributed by atoms with Gasteiger partial charge >= 0.3 is 17.9 Å². The number of rotatable bonds is 54. The van der Waals surface area contributed by atoms with Gasteiger partial charge in [0.25, 0.3) is 0 Å². The number of unbranched alkanes of at least 4 members (excludes halogenated alkanes) is 29. The van der Waals surface area contributed by atoms with Crippen molar-refractivity contribution in [1.29, 1.82) is 0 Å². The molecule has 0 aromatic carbocycles. The minimum atomic E-state index is -0.787. The van der Waals surface area contributed by atoms with Gasteiger partial charge in [-0.25, -0.2) is 0 Å². The number of carbonyl (C=O) groups excluding carboxylic acids is 3. The van der Waals surface area contributed by atoms with Crippen molar-refractivity contribution >= 4 is 17.9 Å². The van der Waals surface area contributed by atoms with E-state index in [4.69, 9.17) is 14.2 Å². The molecule has 6 nitrogen and oxygen atoms in total. The molecule has 0 fully saturated rings. The van der Waals surface area contributed by atoms with Gasteiger partial charge in [0.05, 0.1) is 0 Å². The third kappa shape index (κ3) is 57.4. The van der Waals surface area contributed by atoms with Gasteiger partial charge in [0.1, 0.15) is 13.2 Å². The van der Waals surface area contributed by atoms with E-state index in [0.717, 1.165) is 109 Å². The van der Waals surface area contributed by atoms with Crippen LogP contribution >= 0.6 is 0 Å². The Morgan fingerprint density at radius 2 is 0.549 bits per heavy atom. The van der Waals surface area contributed by atoms with Gasteiger partial charge in [-0.05, 0) is 77.0 Å². The van der Waals surface area contributed by atoms with Crippen molar-refractivity contribution in [2.45, 2.75) is 297 Å². The average Bonchev–Trinajstić information content (AvgIpc) is 3.37. The van der Waals surface area contributed by atoms with Crippen LogP contribution in [-0.4, -0.2) is 37.2 Å². The van der Waals surface area contributed by atoms with E-state index in [2.05, 4.69) is 106 Å². The van der Waals surface area contributed by atoms with E-state index in [0.29, 0.717) is 19.3 Å². The molecule has 1 unspecified atom stereocenters. The highest BCUT2D eigenvalue weighted by molar-refractivity contribution is 5.71. The highest BCUT2D eigenvalue weighted by Crippen LogP contribution is 2.16. The van der Waals surface area contributed by atoms with Crippen LogP contribution in [0.15, 0.2) is 85.1 Å². The van der Waals surface area contributed by atoms with Crippen molar-refractivity contribution in [3.8, 4) is 0 Å². The van der Waals surface area contributed by atoms with Gasteiger partial charge in [-0.15, -0.1) is 0 Å². The van der Waals surface area contributed by atoms with Gasteiger partial charge in [0, 0.05) is 19.3 Å². The molecule has 0 aromatic heterocycles. The van der Waals surface area contributed by atoms with E-state index in [1.807, 2.05) is 0 Å². The molecule has 0 saturated carbocycles. The molecule has 0 spiro atoms. The van der Waals surface area contributed by atoms with Crippen LogP contribution in [-0.2, 0) is 28.6 Å². The molecule has 0 amide bonds. The number of esters is 3. The maximum absolute atomic E-state index is 12.9. The summed E-state index contributed by atoms with van der Waals surface area (Å²) in [4.78, 5) is 38.2. The SMILES string of the molecule is CC/C=C\C/C=C\C/C=C\C/C=C\C/C=C\C/C=C\C/C=C\CCCCCC(=O)OCC(COC(=O)CCCCCCCCCCCCCCC)OC(=O)CCCCCCCCCCCCCCCCC. The third-order valence-corrected chi connectivity index (χ3v) is 12.9. The van der Waals surface area contributed by atoms with Crippen LogP contribution in [0, 0.1) is 0 Å². The van der Waals surface area contributed by atoms with Crippen molar-refractivity contribution in [3.05, 3.63) is 85.1 Å². The first-order valence-corrected chi connectivity index (χ1v) is 30.1. The lowest BCUT2D eigenvalue weighted by molar-refractivity contribution is -0.167. The fourth-order valence-electron chi connectivity index (χ4n) is 8.42. The lowest BCUT2D eigenvalue weighted by atomic mass is 10.0. The van der Waals surface area contributed by atoms with Gasteiger partial charge in [-0.2, -0.15) is 0 Å². The highest BCUT2D eigenvalue weighted by atomic mass is 16.6. The summed E-state index contributed by atoms with van der Waals surface area (Å²) in [5.41, 5.74) is 0. The molecular weight excluding hydrogens is 877 g/mol. The predicted molar refractivity (Wildman–Crippen MR) is 307 cm³/mol. The number of hydrogen-bond donors (Lipinski definition) is 0. The fourth-order valence-corrected chi connectivity index (χ4v) is 8.42. The average molecular weight is 990 g/mol. The summed E-state index contributed by atoms with van der Waals surface area (Å²) in [6.45, 7) is 6.52. The Morgan fingerprint density at radius 1 is 0.296 bits per heavy atom. The summed E-state index contributed by atoms with van der Waals surface area (Å²) in [5.74, 6) is -0.906. The van der Waals surface area contributed by atoms with Crippen molar-refractivity contribution < 1.29 is 28.6 Å². The molecule has 0 aliphatic carbocycles. The Morgan fingerprint density at radius 3 is 0.859 bits per heavy atom. The first-order valence-electron chi connectivity index (χ1n) is 30.1. The van der Waals surface area contributed by atoms with E-state index in [1.165, 1.54) is 141 Å². The van der Waals surface area contributed by atoms with Gasteiger partial charge in [-0.3, -0.25) is 14.4 Å². The van der Waals surface area contributed by atoms with E-state index in [1.54, 1.807) is 0 Å². The van der Waals surface area contributed by atoms with Crippen LogP contribution in [0.1, 0.15) is 290 Å². The second-order valence-electron chi connectivity index (χ2n) is 19.9. The van der Waals surface area contributed by atoms with E-state index in [-0.39, 0.29) is 31.1 Å². The molecule has 0 radical (unpaired) electrons. The summed E-state index contributed by atoms with van der Waals surface area (Å²) in [7, 11) is 0. The number of allylic oxidation sites excluding steroid dienone is 14. The number of carbonyl (C=O) groups is 3. The largest absolute Gasteiger partial charge is 0.462 e.